The van der Waals surface area contributed by atoms with E-state index in [2.05, 4.69) is 37.9 Å². The predicted octanol–water partition coefficient (Wildman–Crippen LogP) is 1.88. The molecule has 2 aliphatic rings. The Morgan fingerprint density at radius 1 is 1.41 bits per heavy atom. The minimum absolute atomic E-state index is 0.225. The van der Waals surface area contributed by atoms with E-state index in [0.717, 1.165) is 19.6 Å². The Morgan fingerprint density at radius 3 is 2.76 bits per heavy atom. The molecule has 0 spiro atoms. The van der Waals surface area contributed by atoms with Gasteiger partial charge in [-0.2, -0.15) is 0 Å². The van der Waals surface area contributed by atoms with Crippen LogP contribution in [0.2, 0.25) is 0 Å². The average Bonchev–Trinajstić information content (AvgIpc) is 2.75. The van der Waals surface area contributed by atoms with Gasteiger partial charge in [-0.15, -0.1) is 0 Å². The van der Waals surface area contributed by atoms with Crippen LogP contribution in [0.25, 0.3) is 0 Å². The first-order chi connectivity index (χ1) is 7.89. The second-order valence-corrected chi connectivity index (χ2v) is 6.83. The highest BCUT2D eigenvalue weighted by Gasteiger charge is 2.40. The molecule has 0 radical (unpaired) electrons. The number of amides is 1. The maximum Gasteiger partial charge on any atom is 0.223 e. The number of nitrogens with one attached hydrogen (secondary N) is 1. The molecule has 98 valence electrons. The SMILES string of the molecule is CC(CC(=O)N1CC[C@H]2CNC[C@H]21)C(C)(C)C. The van der Waals surface area contributed by atoms with Crippen LogP contribution < -0.4 is 5.32 Å². The molecule has 0 aromatic rings. The molecule has 1 unspecified atom stereocenters. The summed E-state index contributed by atoms with van der Waals surface area (Å²) in [6.07, 6.45) is 1.89. The number of fused-ring (bicyclic) bond motifs is 1. The molecule has 1 amide bonds. The minimum atomic E-state index is 0.225. The summed E-state index contributed by atoms with van der Waals surface area (Å²) >= 11 is 0. The molecule has 0 aromatic heterocycles. The largest absolute Gasteiger partial charge is 0.338 e. The Bertz CT molecular complexity index is 295. The van der Waals surface area contributed by atoms with Crippen LogP contribution in [0.5, 0.6) is 0 Å². The van der Waals surface area contributed by atoms with Crippen LogP contribution in [-0.4, -0.2) is 36.5 Å². The van der Waals surface area contributed by atoms with Crippen LogP contribution in [0.15, 0.2) is 0 Å². The van der Waals surface area contributed by atoms with Gasteiger partial charge in [0.25, 0.3) is 0 Å². The quantitative estimate of drug-likeness (QED) is 0.796. The first-order valence-corrected chi connectivity index (χ1v) is 6.90. The lowest BCUT2D eigenvalue weighted by Crippen LogP contribution is -2.40. The lowest BCUT2D eigenvalue weighted by molar-refractivity contribution is -0.133. The second kappa shape index (κ2) is 4.60. The lowest BCUT2D eigenvalue weighted by Gasteiger charge is -2.30. The van der Waals surface area contributed by atoms with Gasteiger partial charge in [0, 0.05) is 32.1 Å². The maximum atomic E-state index is 12.3. The standard InChI is InChI=1S/C14H26N2O/c1-10(14(2,3)4)7-13(17)16-6-5-11-8-15-9-12(11)16/h10-12,15H,5-9H2,1-4H3/t10?,11-,12+/m0/s1. The summed E-state index contributed by atoms with van der Waals surface area (Å²) in [5.74, 6) is 1.52. The van der Waals surface area contributed by atoms with Gasteiger partial charge in [-0.3, -0.25) is 4.79 Å². The summed E-state index contributed by atoms with van der Waals surface area (Å²) in [7, 11) is 0. The number of hydrogen-bond donors (Lipinski definition) is 1. The van der Waals surface area contributed by atoms with E-state index in [4.69, 9.17) is 0 Å². The predicted molar refractivity (Wildman–Crippen MR) is 69.7 cm³/mol. The highest BCUT2D eigenvalue weighted by molar-refractivity contribution is 5.77. The van der Waals surface area contributed by atoms with Gasteiger partial charge in [-0.05, 0) is 23.7 Å². The molecule has 0 bridgehead atoms. The first kappa shape index (κ1) is 12.9. The van der Waals surface area contributed by atoms with Gasteiger partial charge in [-0.25, -0.2) is 0 Å². The molecule has 0 saturated carbocycles. The normalized spacial score (nSPS) is 30.5. The molecule has 2 heterocycles. The van der Waals surface area contributed by atoms with Crippen LogP contribution in [0.3, 0.4) is 0 Å². The van der Waals surface area contributed by atoms with Crippen LogP contribution in [0.4, 0.5) is 0 Å². The zero-order chi connectivity index (χ0) is 12.6. The van der Waals surface area contributed by atoms with Crippen molar-refractivity contribution in [1.82, 2.24) is 10.2 Å². The summed E-state index contributed by atoms with van der Waals surface area (Å²) < 4.78 is 0. The van der Waals surface area contributed by atoms with E-state index in [9.17, 15) is 4.79 Å². The van der Waals surface area contributed by atoms with Crippen molar-refractivity contribution in [2.24, 2.45) is 17.3 Å². The van der Waals surface area contributed by atoms with Gasteiger partial charge >= 0.3 is 0 Å². The van der Waals surface area contributed by atoms with Crippen molar-refractivity contribution in [3.63, 3.8) is 0 Å². The number of carbonyl (C=O) groups excluding carboxylic acids is 1. The van der Waals surface area contributed by atoms with Crippen molar-refractivity contribution < 1.29 is 4.79 Å². The third-order valence-corrected chi connectivity index (χ3v) is 4.72. The summed E-state index contributed by atoms with van der Waals surface area (Å²) in [6, 6.07) is 0.481. The molecule has 3 heteroatoms. The summed E-state index contributed by atoms with van der Waals surface area (Å²) in [5, 5.41) is 3.40. The maximum absolute atomic E-state index is 12.3. The van der Waals surface area contributed by atoms with Crippen LogP contribution in [0.1, 0.15) is 40.5 Å². The van der Waals surface area contributed by atoms with Crippen molar-refractivity contribution >= 4 is 5.91 Å². The fourth-order valence-corrected chi connectivity index (χ4v) is 2.84. The van der Waals surface area contributed by atoms with Gasteiger partial charge in [-0.1, -0.05) is 27.7 Å². The highest BCUT2D eigenvalue weighted by Crippen LogP contribution is 2.32. The number of rotatable bonds is 2. The Labute approximate surface area is 105 Å². The Morgan fingerprint density at radius 2 is 2.12 bits per heavy atom. The number of hydrogen-bond acceptors (Lipinski definition) is 2. The summed E-state index contributed by atoms with van der Waals surface area (Å²) in [6.45, 7) is 11.9. The summed E-state index contributed by atoms with van der Waals surface area (Å²) in [4.78, 5) is 14.5. The molecular weight excluding hydrogens is 212 g/mol. The highest BCUT2D eigenvalue weighted by atomic mass is 16.2. The van der Waals surface area contributed by atoms with Crippen molar-refractivity contribution in [2.45, 2.75) is 46.6 Å². The van der Waals surface area contributed by atoms with E-state index >= 15 is 0 Å². The zero-order valence-electron chi connectivity index (χ0n) is 11.6. The van der Waals surface area contributed by atoms with Crippen molar-refractivity contribution in [2.75, 3.05) is 19.6 Å². The van der Waals surface area contributed by atoms with Crippen LogP contribution in [-0.2, 0) is 4.79 Å². The van der Waals surface area contributed by atoms with Crippen molar-refractivity contribution in [3.05, 3.63) is 0 Å². The van der Waals surface area contributed by atoms with Crippen LogP contribution in [0, 0.1) is 17.3 Å². The summed E-state index contributed by atoms with van der Waals surface area (Å²) in [5.41, 5.74) is 0.225. The number of likely N-dealkylation sites (tertiary alicyclic amines) is 1. The van der Waals surface area contributed by atoms with E-state index in [0.29, 0.717) is 30.2 Å². The molecule has 2 saturated heterocycles. The monoisotopic (exact) mass is 238 g/mol. The van der Waals surface area contributed by atoms with E-state index in [-0.39, 0.29) is 5.41 Å². The van der Waals surface area contributed by atoms with Gasteiger partial charge in [0.1, 0.15) is 0 Å². The molecule has 17 heavy (non-hydrogen) atoms. The molecule has 2 rings (SSSR count). The third-order valence-electron chi connectivity index (χ3n) is 4.72. The van der Waals surface area contributed by atoms with Gasteiger partial charge in [0.05, 0.1) is 0 Å². The zero-order valence-corrected chi connectivity index (χ0v) is 11.6. The topological polar surface area (TPSA) is 32.3 Å². The fraction of sp³-hybridized carbons (Fsp3) is 0.929. The van der Waals surface area contributed by atoms with E-state index in [1.54, 1.807) is 0 Å². The molecule has 2 fully saturated rings. The molecule has 3 nitrogen and oxygen atoms in total. The van der Waals surface area contributed by atoms with E-state index in [1.165, 1.54) is 6.42 Å². The number of carbonyl (C=O) groups is 1. The molecule has 1 N–H and O–H groups in total. The van der Waals surface area contributed by atoms with Crippen LogP contribution >= 0.6 is 0 Å². The lowest BCUT2D eigenvalue weighted by atomic mass is 9.80. The van der Waals surface area contributed by atoms with E-state index < -0.39 is 0 Å². The smallest absolute Gasteiger partial charge is 0.223 e. The number of nitrogens with zero attached hydrogens (tertiary/aromatic N) is 1. The first-order valence-electron chi connectivity index (χ1n) is 6.90. The minimum Gasteiger partial charge on any atom is -0.338 e. The Kier molecular flexibility index (Phi) is 3.48. The molecule has 0 aliphatic carbocycles. The fourth-order valence-electron chi connectivity index (χ4n) is 2.84. The van der Waals surface area contributed by atoms with Crippen molar-refractivity contribution in [3.8, 4) is 0 Å². The van der Waals surface area contributed by atoms with E-state index in [1.807, 2.05) is 0 Å². The van der Waals surface area contributed by atoms with Gasteiger partial charge < -0.3 is 10.2 Å². The third kappa shape index (κ3) is 2.65. The Balaban J connectivity index is 1.92. The van der Waals surface area contributed by atoms with Gasteiger partial charge in [0.2, 0.25) is 5.91 Å². The Hall–Kier alpha value is -0.570. The molecule has 0 aromatic carbocycles. The van der Waals surface area contributed by atoms with Gasteiger partial charge in [0.15, 0.2) is 0 Å². The average molecular weight is 238 g/mol. The van der Waals surface area contributed by atoms with Crippen molar-refractivity contribution in [1.29, 1.82) is 0 Å². The molecular formula is C14H26N2O. The molecule has 3 atom stereocenters. The molecule has 2 aliphatic heterocycles. The second-order valence-electron chi connectivity index (χ2n) is 6.83.